The van der Waals surface area contributed by atoms with Crippen LogP contribution in [0.2, 0.25) is 0 Å². The van der Waals surface area contributed by atoms with Crippen LogP contribution in [-0.2, 0) is 15.0 Å². The molecule has 0 radical (unpaired) electrons. The van der Waals surface area contributed by atoms with Gasteiger partial charge in [-0.3, -0.25) is 0 Å². The maximum Gasteiger partial charge on any atom is 0.283 e. The number of amidine groups is 1. The first-order valence-electron chi connectivity index (χ1n) is 8.61. The van der Waals surface area contributed by atoms with E-state index in [1.165, 1.54) is 0 Å². The molecule has 4 heterocycles. The van der Waals surface area contributed by atoms with Gasteiger partial charge in [-0.25, -0.2) is 9.98 Å². The third kappa shape index (κ3) is 2.21. The summed E-state index contributed by atoms with van der Waals surface area (Å²) in [6, 6.07) is 12.2. The molecule has 1 spiro atoms. The smallest absolute Gasteiger partial charge is 0.283 e. The molecule has 6 heteroatoms. The van der Waals surface area contributed by atoms with Crippen molar-refractivity contribution in [1.29, 1.82) is 0 Å². The van der Waals surface area contributed by atoms with Crippen LogP contribution >= 0.6 is 0 Å². The molecule has 1 aromatic carbocycles. The van der Waals surface area contributed by atoms with E-state index >= 15 is 0 Å². The molecule has 0 saturated carbocycles. The minimum Gasteiger partial charge on any atom is -0.462 e. The monoisotopic (exact) mass is 337 g/mol. The highest BCUT2D eigenvalue weighted by atomic mass is 16.5. The molecule has 128 valence electrons. The number of ether oxygens (including phenoxy) is 3. The first-order valence-corrected chi connectivity index (χ1v) is 8.61. The highest BCUT2D eigenvalue weighted by molar-refractivity contribution is 5.76. The summed E-state index contributed by atoms with van der Waals surface area (Å²) >= 11 is 0. The Morgan fingerprint density at radius 2 is 1.88 bits per heavy atom. The van der Waals surface area contributed by atoms with Crippen LogP contribution in [0.15, 0.2) is 41.4 Å². The van der Waals surface area contributed by atoms with Crippen LogP contribution in [0.3, 0.4) is 0 Å². The molecule has 2 aromatic rings. The van der Waals surface area contributed by atoms with E-state index in [4.69, 9.17) is 24.9 Å². The van der Waals surface area contributed by atoms with E-state index in [-0.39, 0.29) is 6.02 Å². The molecule has 3 aliphatic rings. The van der Waals surface area contributed by atoms with E-state index in [0.717, 1.165) is 48.6 Å². The Labute approximate surface area is 145 Å². The Morgan fingerprint density at radius 3 is 2.68 bits per heavy atom. The second-order valence-corrected chi connectivity index (χ2v) is 6.67. The zero-order chi connectivity index (χ0) is 16.9. The minimum atomic E-state index is -0.671. The van der Waals surface area contributed by atoms with Gasteiger partial charge in [-0.2, -0.15) is 0 Å². The van der Waals surface area contributed by atoms with E-state index in [1.807, 2.05) is 24.3 Å². The Hall–Kier alpha value is -2.60. The van der Waals surface area contributed by atoms with Crippen LogP contribution < -0.4 is 10.5 Å². The predicted octanol–water partition coefficient (Wildman–Crippen LogP) is 2.67. The van der Waals surface area contributed by atoms with Crippen molar-refractivity contribution in [2.24, 2.45) is 10.7 Å². The lowest BCUT2D eigenvalue weighted by Gasteiger charge is -2.33. The molecule has 0 amide bonds. The molecular weight excluding hydrogens is 318 g/mol. The van der Waals surface area contributed by atoms with Gasteiger partial charge < -0.3 is 19.9 Å². The fourth-order valence-electron chi connectivity index (χ4n) is 3.92. The lowest BCUT2D eigenvalue weighted by molar-refractivity contribution is 0.0843. The van der Waals surface area contributed by atoms with Gasteiger partial charge in [-0.15, -0.1) is 0 Å². The first kappa shape index (κ1) is 14.7. The average Bonchev–Trinajstić information content (AvgIpc) is 3.05. The van der Waals surface area contributed by atoms with Crippen molar-refractivity contribution < 1.29 is 14.2 Å². The summed E-state index contributed by atoms with van der Waals surface area (Å²) in [4.78, 5) is 9.47. The van der Waals surface area contributed by atoms with Crippen molar-refractivity contribution in [3.63, 3.8) is 0 Å². The van der Waals surface area contributed by atoms with Gasteiger partial charge in [0.25, 0.3) is 6.02 Å². The fourth-order valence-corrected chi connectivity index (χ4v) is 3.92. The van der Waals surface area contributed by atoms with Crippen molar-refractivity contribution in [3.05, 3.63) is 53.2 Å². The second-order valence-electron chi connectivity index (χ2n) is 6.67. The Balaban J connectivity index is 1.64. The number of hydrogen-bond acceptors (Lipinski definition) is 6. The maximum absolute atomic E-state index is 6.12. The Kier molecular flexibility index (Phi) is 3.21. The van der Waals surface area contributed by atoms with Crippen molar-refractivity contribution >= 4 is 6.02 Å². The number of pyridine rings is 1. The van der Waals surface area contributed by atoms with Crippen LogP contribution in [0, 0.1) is 0 Å². The molecule has 1 saturated heterocycles. The second kappa shape index (κ2) is 5.46. The highest BCUT2D eigenvalue weighted by Gasteiger charge is 2.47. The first-order chi connectivity index (χ1) is 12.3. The summed E-state index contributed by atoms with van der Waals surface area (Å²) in [5, 5.41) is 0. The Morgan fingerprint density at radius 1 is 1.04 bits per heavy atom. The Bertz CT molecular complexity index is 861. The fraction of sp³-hybridized carbons (Fsp3) is 0.368. The minimum absolute atomic E-state index is 0.205. The number of hydrogen-bond donors (Lipinski definition) is 1. The number of para-hydroxylation sites is 1. The molecule has 2 N–H and O–H groups in total. The number of benzene rings is 1. The van der Waals surface area contributed by atoms with Crippen molar-refractivity contribution in [2.75, 3.05) is 19.8 Å². The standard InChI is InChI=1S/C19H19N3O3/c20-18-22-19(11-24-18)13-3-1-2-4-16(13)25-17-14(19)5-6-15(21-17)12-7-9-23-10-8-12/h1-6,12H,7-11H2,(H2,20,22). The van der Waals surface area contributed by atoms with E-state index in [2.05, 4.69) is 17.1 Å². The van der Waals surface area contributed by atoms with Crippen molar-refractivity contribution in [1.82, 2.24) is 4.98 Å². The molecule has 25 heavy (non-hydrogen) atoms. The topological polar surface area (TPSA) is 79.0 Å². The summed E-state index contributed by atoms with van der Waals surface area (Å²) in [5.74, 6) is 1.77. The van der Waals surface area contributed by atoms with Gasteiger partial charge in [0.2, 0.25) is 5.88 Å². The average molecular weight is 337 g/mol. The van der Waals surface area contributed by atoms with Crippen LogP contribution in [0.5, 0.6) is 11.6 Å². The van der Waals surface area contributed by atoms with Gasteiger partial charge in [-0.05, 0) is 31.0 Å². The summed E-state index contributed by atoms with van der Waals surface area (Å²) in [6.45, 7) is 1.93. The quantitative estimate of drug-likeness (QED) is 0.865. The van der Waals surface area contributed by atoms with Crippen LogP contribution in [0.25, 0.3) is 0 Å². The third-order valence-electron chi connectivity index (χ3n) is 5.24. The van der Waals surface area contributed by atoms with E-state index in [0.29, 0.717) is 18.4 Å². The molecule has 0 bridgehead atoms. The lowest BCUT2D eigenvalue weighted by atomic mass is 9.82. The molecule has 3 aliphatic heterocycles. The SMILES string of the molecule is NC1=NC2(CO1)c1ccccc1Oc1nc(C3CCOCC3)ccc12. The maximum atomic E-state index is 6.12. The van der Waals surface area contributed by atoms with Gasteiger partial charge in [0.1, 0.15) is 12.4 Å². The molecule has 5 rings (SSSR count). The van der Waals surface area contributed by atoms with Crippen molar-refractivity contribution in [3.8, 4) is 11.6 Å². The molecule has 1 aromatic heterocycles. The largest absolute Gasteiger partial charge is 0.462 e. The molecule has 1 atom stereocenters. The van der Waals surface area contributed by atoms with Crippen LogP contribution in [0.1, 0.15) is 35.6 Å². The van der Waals surface area contributed by atoms with E-state index in [1.54, 1.807) is 0 Å². The summed E-state index contributed by atoms with van der Waals surface area (Å²) in [6.07, 6.45) is 1.98. The highest BCUT2D eigenvalue weighted by Crippen LogP contribution is 2.50. The zero-order valence-electron chi connectivity index (χ0n) is 13.8. The third-order valence-corrected chi connectivity index (χ3v) is 5.24. The van der Waals surface area contributed by atoms with E-state index < -0.39 is 5.54 Å². The van der Waals surface area contributed by atoms with Gasteiger partial charge in [0.15, 0.2) is 5.54 Å². The molecule has 1 unspecified atom stereocenters. The number of nitrogens with two attached hydrogens (primary N) is 1. The lowest BCUT2D eigenvalue weighted by Crippen LogP contribution is -2.31. The number of fused-ring (bicyclic) bond motifs is 4. The zero-order valence-corrected chi connectivity index (χ0v) is 13.8. The molecule has 0 aliphatic carbocycles. The molecule has 1 fully saturated rings. The van der Waals surface area contributed by atoms with E-state index in [9.17, 15) is 0 Å². The van der Waals surface area contributed by atoms with Gasteiger partial charge in [0.05, 0.1) is 5.56 Å². The van der Waals surface area contributed by atoms with Gasteiger partial charge in [-0.1, -0.05) is 18.2 Å². The number of rotatable bonds is 1. The molecule has 6 nitrogen and oxygen atoms in total. The van der Waals surface area contributed by atoms with Gasteiger partial charge >= 0.3 is 0 Å². The number of aromatic nitrogens is 1. The summed E-state index contributed by atoms with van der Waals surface area (Å²) in [7, 11) is 0. The summed E-state index contributed by atoms with van der Waals surface area (Å²) < 4.78 is 17.1. The normalized spacial score (nSPS) is 24.9. The number of nitrogens with zero attached hydrogens (tertiary/aromatic N) is 2. The van der Waals surface area contributed by atoms with Gasteiger partial charge in [0, 0.05) is 30.4 Å². The van der Waals surface area contributed by atoms with Crippen LogP contribution in [0.4, 0.5) is 0 Å². The molecular formula is C19H19N3O3. The van der Waals surface area contributed by atoms with Crippen molar-refractivity contribution in [2.45, 2.75) is 24.3 Å². The van der Waals surface area contributed by atoms with Crippen LogP contribution in [-0.4, -0.2) is 30.8 Å². The number of aliphatic imine (C=N–C) groups is 1. The summed E-state index contributed by atoms with van der Waals surface area (Å²) in [5.41, 5.74) is 8.10. The predicted molar refractivity (Wildman–Crippen MR) is 91.9 cm³/mol.